The molecule has 0 radical (unpaired) electrons. The summed E-state index contributed by atoms with van der Waals surface area (Å²) in [7, 11) is 0. The van der Waals surface area contributed by atoms with E-state index in [0.717, 1.165) is 29.1 Å². The Morgan fingerprint density at radius 2 is 2.00 bits per heavy atom. The van der Waals surface area contributed by atoms with E-state index in [1.165, 1.54) is 0 Å². The number of rotatable bonds is 8. The first kappa shape index (κ1) is 20.7. The number of aromatic nitrogens is 3. The van der Waals surface area contributed by atoms with E-state index in [-0.39, 0.29) is 11.3 Å². The van der Waals surface area contributed by atoms with Crippen molar-refractivity contribution in [3.63, 3.8) is 0 Å². The molecule has 0 unspecified atom stereocenters. The maximum absolute atomic E-state index is 12.5. The van der Waals surface area contributed by atoms with Gasteiger partial charge in [0.15, 0.2) is 5.82 Å². The number of hydrogen-bond donors (Lipinski definition) is 1. The van der Waals surface area contributed by atoms with Gasteiger partial charge < -0.3 is 14.6 Å². The molecule has 1 aliphatic rings. The normalized spacial score (nSPS) is 15.8. The highest BCUT2D eigenvalue weighted by atomic mass is 32.1. The van der Waals surface area contributed by atoms with Crippen molar-refractivity contribution in [2.45, 2.75) is 44.4 Å². The van der Waals surface area contributed by atoms with E-state index < -0.39 is 0 Å². The molecule has 30 heavy (non-hydrogen) atoms. The third-order valence-electron chi connectivity index (χ3n) is 5.48. The van der Waals surface area contributed by atoms with Gasteiger partial charge in [0.1, 0.15) is 5.01 Å². The molecule has 0 saturated carbocycles. The number of carbonyl (C=O) groups excluding carboxylic acids is 1. The van der Waals surface area contributed by atoms with Crippen LogP contribution in [0.1, 0.15) is 42.4 Å². The molecule has 1 amide bonds. The molecule has 4 rings (SSSR count). The topological polar surface area (TPSA) is 90.1 Å². The third kappa shape index (κ3) is 4.94. The molecule has 7 nitrogen and oxygen atoms in total. The summed E-state index contributed by atoms with van der Waals surface area (Å²) < 4.78 is 10.6. The lowest BCUT2D eigenvalue weighted by Gasteiger charge is -2.35. The van der Waals surface area contributed by atoms with Crippen molar-refractivity contribution >= 4 is 17.2 Å². The number of hydrogen-bond acceptors (Lipinski definition) is 7. The number of benzene rings is 1. The zero-order valence-electron chi connectivity index (χ0n) is 17.1. The van der Waals surface area contributed by atoms with Crippen molar-refractivity contribution in [1.29, 1.82) is 0 Å². The molecule has 3 aromatic rings. The van der Waals surface area contributed by atoms with Gasteiger partial charge in [-0.2, -0.15) is 4.98 Å². The van der Waals surface area contributed by atoms with E-state index in [9.17, 15) is 4.79 Å². The lowest BCUT2D eigenvalue weighted by atomic mass is 9.80. The maximum Gasteiger partial charge on any atom is 0.223 e. The van der Waals surface area contributed by atoms with Crippen LogP contribution in [-0.4, -0.2) is 40.8 Å². The summed E-state index contributed by atoms with van der Waals surface area (Å²) in [6, 6.07) is 10.2. The Hall–Kier alpha value is -2.58. The van der Waals surface area contributed by atoms with Gasteiger partial charge in [0, 0.05) is 55.9 Å². The van der Waals surface area contributed by atoms with Crippen LogP contribution < -0.4 is 5.32 Å². The Labute approximate surface area is 179 Å². The minimum absolute atomic E-state index is 0.0425. The second-order valence-corrected chi connectivity index (χ2v) is 8.51. The molecule has 1 saturated heterocycles. The molecule has 1 fully saturated rings. The summed E-state index contributed by atoms with van der Waals surface area (Å²) in [5.74, 6) is 1.24. The van der Waals surface area contributed by atoms with E-state index in [4.69, 9.17) is 14.2 Å². The van der Waals surface area contributed by atoms with Gasteiger partial charge in [0.2, 0.25) is 11.8 Å². The van der Waals surface area contributed by atoms with Crippen molar-refractivity contribution in [2.24, 2.45) is 0 Å². The predicted molar refractivity (Wildman–Crippen MR) is 114 cm³/mol. The van der Waals surface area contributed by atoms with Crippen LogP contribution >= 0.6 is 11.3 Å². The van der Waals surface area contributed by atoms with Crippen LogP contribution in [0.3, 0.4) is 0 Å². The number of nitrogens with zero attached hydrogens (tertiary/aromatic N) is 3. The standard InChI is InChI=1S/C22H26N4O3S/c1-16-24-19(26-29-16)8-5-9-20(27)23-15-22(10-12-28-13-11-22)21-25-18(14-30-21)17-6-3-2-4-7-17/h2-4,6-7,14H,5,8-13,15H2,1H3,(H,23,27). The van der Waals surface area contributed by atoms with Gasteiger partial charge in [-0.15, -0.1) is 11.3 Å². The number of nitrogens with one attached hydrogen (secondary N) is 1. The minimum Gasteiger partial charge on any atom is -0.381 e. The highest BCUT2D eigenvalue weighted by molar-refractivity contribution is 7.10. The van der Waals surface area contributed by atoms with Crippen molar-refractivity contribution in [2.75, 3.05) is 19.8 Å². The Balaban J connectivity index is 1.37. The van der Waals surface area contributed by atoms with Crippen molar-refractivity contribution in [1.82, 2.24) is 20.4 Å². The average Bonchev–Trinajstić information content (AvgIpc) is 3.43. The number of thiazole rings is 1. The fourth-order valence-electron chi connectivity index (χ4n) is 3.69. The SMILES string of the molecule is Cc1nc(CCCC(=O)NCC2(c3nc(-c4ccccc4)cs3)CCOCC2)no1. The zero-order chi connectivity index (χ0) is 20.8. The van der Waals surface area contributed by atoms with E-state index >= 15 is 0 Å². The molecule has 8 heteroatoms. The number of ether oxygens (including phenoxy) is 1. The first-order valence-corrected chi connectivity index (χ1v) is 11.2. The van der Waals surface area contributed by atoms with E-state index in [2.05, 4.69) is 33.0 Å². The molecule has 1 N–H and O–H groups in total. The van der Waals surface area contributed by atoms with Gasteiger partial charge in [-0.05, 0) is 19.3 Å². The largest absolute Gasteiger partial charge is 0.381 e. The summed E-state index contributed by atoms with van der Waals surface area (Å²) in [4.78, 5) is 21.6. The average molecular weight is 427 g/mol. The van der Waals surface area contributed by atoms with Gasteiger partial charge in [-0.3, -0.25) is 4.79 Å². The molecular formula is C22H26N4O3S. The van der Waals surface area contributed by atoms with Crippen molar-refractivity contribution in [3.05, 3.63) is 52.4 Å². The Morgan fingerprint density at radius 3 is 2.73 bits per heavy atom. The zero-order valence-corrected chi connectivity index (χ0v) is 17.9. The van der Waals surface area contributed by atoms with Crippen LogP contribution in [0.25, 0.3) is 11.3 Å². The Kier molecular flexibility index (Phi) is 6.54. The van der Waals surface area contributed by atoms with Gasteiger partial charge >= 0.3 is 0 Å². The highest BCUT2D eigenvalue weighted by Crippen LogP contribution is 2.37. The van der Waals surface area contributed by atoms with Gasteiger partial charge in [0.25, 0.3) is 0 Å². The lowest BCUT2D eigenvalue weighted by Crippen LogP contribution is -2.44. The van der Waals surface area contributed by atoms with Crippen molar-refractivity contribution < 1.29 is 14.1 Å². The molecule has 158 valence electrons. The van der Waals surface area contributed by atoms with Crippen LogP contribution in [0.5, 0.6) is 0 Å². The fourth-order valence-corrected chi connectivity index (χ4v) is 4.78. The molecule has 0 aliphatic carbocycles. The maximum atomic E-state index is 12.5. The van der Waals surface area contributed by atoms with Crippen LogP contribution in [0.2, 0.25) is 0 Å². The molecule has 0 bridgehead atoms. The molecule has 2 aromatic heterocycles. The Morgan fingerprint density at radius 1 is 1.20 bits per heavy atom. The van der Waals surface area contributed by atoms with Gasteiger partial charge in [-0.1, -0.05) is 35.5 Å². The summed E-state index contributed by atoms with van der Waals surface area (Å²) in [5, 5.41) is 10.2. The molecule has 0 atom stereocenters. The third-order valence-corrected chi connectivity index (χ3v) is 6.56. The second-order valence-electron chi connectivity index (χ2n) is 7.66. The van der Waals surface area contributed by atoms with E-state index in [0.29, 0.717) is 50.7 Å². The molecule has 1 aliphatic heterocycles. The minimum atomic E-state index is -0.170. The monoisotopic (exact) mass is 426 g/mol. The predicted octanol–water partition coefficient (Wildman–Crippen LogP) is 3.69. The van der Waals surface area contributed by atoms with Crippen molar-refractivity contribution in [3.8, 4) is 11.3 Å². The number of amides is 1. The van der Waals surface area contributed by atoms with Gasteiger partial charge in [0.05, 0.1) is 5.69 Å². The summed E-state index contributed by atoms with van der Waals surface area (Å²) in [6.07, 6.45) is 3.48. The second kappa shape index (κ2) is 9.49. The lowest BCUT2D eigenvalue weighted by molar-refractivity contribution is -0.121. The number of aryl methyl sites for hydroxylation is 2. The summed E-state index contributed by atoms with van der Waals surface area (Å²) in [6.45, 7) is 3.72. The molecule has 3 heterocycles. The molecular weight excluding hydrogens is 400 g/mol. The quantitative estimate of drug-likeness (QED) is 0.591. The van der Waals surface area contributed by atoms with Crippen LogP contribution in [0, 0.1) is 6.92 Å². The van der Waals surface area contributed by atoms with Crippen LogP contribution in [0.15, 0.2) is 40.2 Å². The Bertz CT molecular complexity index is 964. The summed E-state index contributed by atoms with van der Waals surface area (Å²) >= 11 is 1.67. The van der Waals surface area contributed by atoms with Crippen LogP contribution in [-0.2, 0) is 21.4 Å². The van der Waals surface area contributed by atoms with Gasteiger partial charge in [-0.25, -0.2) is 4.98 Å². The number of carbonyl (C=O) groups is 1. The van der Waals surface area contributed by atoms with E-state index in [1.807, 2.05) is 18.2 Å². The summed E-state index contributed by atoms with van der Waals surface area (Å²) in [5.41, 5.74) is 1.93. The van der Waals surface area contributed by atoms with Crippen LogP contribution in [0.4, 0.5) is 0 Å². The highest BCUT2D eigenvalue weighted by Gasteiger charge is 2.37. The first-order valence-electron chi connectivity index (χ1n) is 10.3. The molecule has 1 aromatic carbocycles. The molecule has 0 spiro atoms. The smallest absolute Gasteiger partial charge is 0.223 e. The fraction of sp³-hybridized carbons (Fsp3) is 0.455. The van der Waals surface area contributed by atoms with E-state index in [1.54, 1.807) is 18.3 Å². The first-order chi connectivity index (χ1) is 14.6.